The zero-order valence-corrected chi connectivity index (χ0v) is 16.4. The Bertz CT molecular complexity index is 1170. The number of amides is 1. The summed E-state index contributed by atoms with van der Waals surface area (Å²) >= 11 is 0. The second-order valence-corrected chi connectivity index (χ2v) is 7.86. The van der Waals surface area contributed by atoms with Gasteiger partial charge in [-0.15, -0.1) is 0 Å². The minimum Gasteiger partial charge on any atom is -0.347 e. The number of fused-ring (bicyclic) bond motifs is 1. The maximum Gasteiger partial charge on any atom is 0.272 e. The molecule has 29 heavy (non-hydrogen) atoms. The summed E-state index contributed by atoms with van der Waals surface area (Å²) in [5, 5.41) is 15.5. The van der Waals surface area contributed by atoms with Gasteiger partial charge in [-0.05, 0) is 48.9 Å². The molecular weight excluding hydrogens is 362 g/mol. The SMILES string of the molecule is Cc1cccc(CNC(=O)c2nn(CC3CC3)c3cc(-c4cn[nH]c4)ccc23)c1. The highest BCUT2D eigenvalue weighted by molar-refractivity contribution is 6.05. The first kappa shape index (κ1) is 17.7. The summed E-state index contributed by atoms with van der Waals surface area (Å²) in [6.45, 7) is 3.40. The minimum atomic E-state index is -0.137. The largest absolute Gasteiger partial charge is 0.347 e. The fourth-order valence-electron chi connectivity index (χ4n) is 3.70. The molecule has 0 bridgehead atoms. The van der Waals surface area contributed by atoms with Crippen molar-refractivity contribution in [3.8, 4) is 11.1 Å². The predicted octanol–water partition coefficient (Wildman–Crippen LogP) is 4.07. The number of H-pyrrole nitrogens is 1. The number of aromatic amines is 1. The zero-order valence-electron chi connectivity index (χ0n) is 16.4. The number of benzene rings is 2. The van der Waals surface area contributed by atoms with Crippen molar-refractivity contribution in [3.05, 3.63) is 71.7 Å². The standard InChI is InChI=1S/C23H23N5O/c1-15-3-2-4-17(9-15)11-24-23(29)22-20-8-7-18(19-12-25-26-13-19)10-21(20)28(27-22)14-16-5-6-16/h2-4,7-10,12-13,16H,5-6,11,14H2,1H3,(H,24,29)(H,25,26). The number of nitrogens with one attached hydrogen (secondary N) is 2. The Morgan fingerprint density at radius 1 is 1.21 bits per heavy atom. The van der Waals surface area contributed by atoms with Gasteiger partial charge in [-0.3, -0.25) is 14.6 Å². The summed E-state index contributed by atoms with van der Waals surface area (Å²) in [4.78, 5) is 12.9. The molecule has 2 aromatic heterocycles. The summed E-state index contributed by atoms with van der Waals surface area (Å²) in [6, 6.07) is 14.3. The highest BCUT2D eigenvalue weighted by Crippen LogP contribution is 2.33. The van der Waals surface area contributed by atoms with Crippen LogP contribution in [0.25, 0.3) is 22.0 Å². The van der Waals surface area contributed by atoms with Crippen LogP contribution in [0.4, 0.5) is 0 Å². The molecular formula is C23H23N5O. The van der Waals surface area contributed by atoms with Crippen molar-refractivity contribution in [3.63, 3.8) is 0 Å². The molecule has 4 aromatic rings. The van der Waals surface area contributed by atoms with Crippen LogP contribution in [0.1, 0.15) is 34.5 Å². The smallest absolute Gasteiger partial charge is 0.272 e. The highest BCUT2D eigenvalue weighted by atomic mass is 16.1. The summed E-state index contributed by atoms with van der Waals surface area (Å²) in [7, 11) is 0. The second-order valence-electron chi connectivity index (χ2n) is 7.86. The van der Waals surface area contributed by atoms with Gasteiger partial charge in [0.2, 0.25) is 0 Å². The Morgan fingerprint density at radius 3 is 2.86 bits per heavy atom. The first-order chi connectivity index (χ1) is 14.2. The average molecular weight is 385 g/mol. The van der Waals surface area contributed by atoms with E-state index in [9.17, 15) is 4.79 Å². The molecule has 2 N–H and O–H groups in total. The van der Waals surface area contributed by atoms with E-state index in [0.717, 1.165) is 34.1 Å². The molecule has 1 saturated carbocycles. The van der Waals surface area contributed by atoms with Crippen molar-refractivity contribution in [1.29, 1.82) is 0 Å². The van der Waals surface area contributed by atoms with Crippen LogP contribution in [0.5, 0.6) is 0 Å². The summed E-state index contributed by atoms with van der Waals surface area (Å²) < 4.78 is 2.00. The van der Waals surface area contributed by atoms with Gasteiger partial charge >= 0.3 is 0 Å². The fraction of sp³-hybridized carbons (Fsp3) is 0.261. The van der Waals surface area contributed by atoms with E-state index in [1.165, 1.54) is 18.4 Å². The molecule has 0 radical (unpaired) electrons. The van der Waals surface area contributed by atoms with Gasteiger partial charge in [-0.1, -0.05) is 35.9 Å². The number of aromatic nitrogens is 4. The lowest BCUT2D eigenvalue weighted by molar-refractivity contribution is 0.0946. The quantitative estimate of drug-likeness (QED) is 0.525. The van der Waals surface area contributed by atoms with Gasteiger partial charge in [0, 0.05) is 30.2 Å². The van der Waals surface area contributed by atoms with E-state index in [4.69, 9.17) is 5.10 Å². The van der Waals surface area contributed by atoms with Gasteiger partial charge in [-0.25, -0.2) is 0 Å². The van der Waals surface area contributed by atoms with E-state index in [1.54, 1.807) is 6.20 Å². The highest BCUT2D eigenvalue weighted by Gasteiger charge is 2.25. The molecule has 1 aliphatic carbocycles. The molecule has 146 valence electrons. The number of aryl methyl sites for hydroxylation is 1. The third kappa shape index (κ3) is 3.66. The second kappa shape index (κ2) is 7.20. The van der Waals surface area contributed by atoms with Crippen molar-refractivity contribution in [1.82, 2.24) is 25.3 Å². The van der Waals surface area contributed by atoms with Crippen molar-refractivity contribution in [2.75, 3.05) is 0 Å². The van der Waals surface area contributed by atoms with Gasteiger partial charge in [-0.2, -0.15) is 10.2 Å². The van der Waals surface area contributed by atoms with Crippen molar-refractivity contribution in [2.45, 2.75) is 32.9 Å². The molecule has 5 rings (SSSR count). The van der Waals surface area contributed by atoms with Crippen LogP contribution in [0.15, 0.2) is 54.9 Å². The lowest BCUT2D eigenvalue weighted by Gasteiger charge is -2.05. The average Bonchev–Trinajstić information content (AvgIpc) is 3.24. The zero-order chi connectivity index (χ0) is 19.8. The first-order valence-electron chi connectivity index (χ1n) is 10.0. The van der Waals surface area contributed by atoms with Gasteiger partial charge < -0.3 is 5.32 Å². The third-order valence-corrected chi connectivity index (χ3v) is 5.46. The Balaban J connectivity index is 1.46. The van der Waals surface area contributed by atoms with Gasteiger partial charge in [0.25, 0.3) is 5.91 Å². The van der Waals surface area contributed by atoms with Crippen LogP contribution in [0.2, 0.25) is 0 Å². The Labute approximate surface area is 168 Å². The van der Waals surface area contributed by atoms with Crippen LogP contribution in [0.3, 0.4) is 0 Å². The van der Waals surface area contributed by atoms with Crippen LogP contribution in [-0.4, -0.2) is 25.9 Å². The molecule has 0 unspecified atom stereocenters. The normalized spacial score (nSPS) is 13.7. The van der Waals surface area contributed by atoms with Crippen LogP contribution in [-0.2, 0) is 13.1 Å². The molecule has 1 amide bonds. The third-order valence-electron chi connectivity index (χ3n) is 5.46. The van der Waals surface area contributed by atoms with Crippen LogP contribution in [0, 0.1) is 12.8 Å². The number of nitrogens with zero attached hydrogens (tertiary/aromatic N) is 3. The van der Waals surface area contributed by atoms with Crippen LogP contribution < -0.4 is 5.32 Å². The topological polar surface area (TPSA) is 75.6 Å². The van der Waals surface area contributed by atoms with Crippen LogP contribution >= 0.6 is 0 Å². The van der Waals surface area contributed by atoms with Crippen molar-refractivity contribution in [2.24, 2.45) is 5.92 Å². The van der Waals surface area contributed by atoms with E-state index in [1.807, 2.05) is 35.1 Å². The fourth-order valence-corrected chi connectivity index (χ4v) is 3.70. The summed E-state index contributed by atoms with van der Waals surface area (Å²) in [6.07, 6.45) is 6.14. The van der Waals surface area contributed by atoms with Gasteiger partial charge in [0.05, 0.1) is 11.7 Å². The minimum absolute atomic E-state index is 0.137. The van der Waals surface area contributed by atoms with E-state index in [2.05, 4.69) is 40.6 Å². The number of hydrogen-bond acceptors (Lipinski definition) is 3. The number of hydrogen-bond donors (Lipinski definition) is 2. The molecule has 1 fully saturated rings. The maximum absolute atomic E-state index is 12.9. The van der Waals surface area contributed by atoms with E-state index in [0.29, 0.717) is 18.2 Å². The predicted molar refractivity (Wildman–Crippen MR) is 112 cm³/mol. The molecule has 0 atom stereocenters. The molecule has 0 saturated heterocycles. The molecule has 1 aliphatic rings. The Kier molecular flexibility index (Phi) is 4.39. The maximum atomic E-state index is 12.9. The van der Waals surface area contributed by atoms with Gasteiger partial charge in [0.1, 0.15) is 0 Å². The monoisotopic (exact) mass is 385 g/mol. The number of carbonyl (C=O) groups is 1. The molecule has 6 heteroatoms. The Hall–Kier alpha value is -3.41. The van der Waals surface area contributed by atoms with E-state index >= 15 is 0 Å². The molecule has 2 aromatic carbocycles. The Morgan fingerprint density at radius 2 is 2.10 bits per heavy atom. The number of rotatable bonds is 6. The molecule has 6 nitrogen and oxygen atoms in total. The number of carbonyl (C=O) groups excluding carboxylic acids is 1. The molecule has 0 spiro atoms. The summed E-state index contributed by atoms with van der Waals surface area (Å²) in [5.74, 6) is 0.529. The van der Waals surface area contributed by atoms with E-state index in [-0.39, 0.29) is 5.91 Å². The van der Waals surface area contributed by atoms with Crippen molar-refractivity contribution >= 4 is 16.8 Å². The first-order valence-corrected chi connectivity index (χ1v) is 10.0. The summed E-state index contributed by atoms with van der Waals surface area (Å²) in [5.41, 5.74) is 5.85. The van der Waals surface area contributed by atoms with Gasteiger partial charge in [0.15, 0.2) is 5.69 Å². The lowest BCUT2D eigenvalue weighted by Crippen LogP contribution is -2.23. The van der Waals surface area contributed by atoms with Crippen molar-refractivity contribution < 1.29 is 4.79 Å². The molecule has 0 aliphatic heterocycles. The van der Waals surface area contributed by atoms with E-state index < -0.39 is 0 Å². The lowest BCUT2D eigenvalue weighted by atomic mass is 10.1. The molecule has 2 heterocycles.